The molecule has 0 aliphatic heterocycles. The van der Waals surface area contributed by atoms with Gasteiger partial charge in [-0.3, -0.25) is 4.79 Å². The van der Waals surface area contributed by atoms with E-state index in [0.717, 1.165) is 12.8 Å². The van der Waals surface area contributed by atoms with Crippen LogP contribution >= 0.6 is 0 Å². The van der Waals surface area contributed by atoms with Crippen LogP contribution in [-0.4, -0.2) is 71.0 Å². The Hall–Kier alpha value is -2.62. The van der Waals surface area contributed by atoms with Gasteiger partial charge in [0.2, 0.25) is 5.76 Å². The molecule has 0 aliphatic rings. The zero-order chi connectivity index (χ0) is 24.1. The van der Waals surface area contributed by atoms with Crippen molar-refractivity contribution in [3.63, 3.8) is 0 Å². The molecule has 0 spiro atoms. The van der Waals surface area contributed by atoms with Gasteiger partial charge in [0, 0.05) is 12.0 Å². The number of unbranched alkanes of at least 4 members (excludes halogenated alkanes) is 4. The second-order valence-corrected chi connectivity index (χ2v) is 6.31. The maximum atomic E-state index is 10.8. The van der Waals surface area contributed by atoms with Gasteiger partial charge in [-0.1, -0.05) is 62.9 Å². The van der Waals surface area contributed by atoms with E-state index in [-0.39, 0.29) is 24.7 Å². The minimum absolute atomic E-state index is 0.205. The largest absolute Gasteiger partial charge is 0.492 e. The van der Waals surface area contributed by atoms with Crippen LogP contribution < -0.4 is 0 Å². The molecule has 0 fully saturated rings. The van der Waals surface area contributed by atoms with E-state index in [1.54, 1.807) is 24.3 Å². The van der Waals surface area contributed by atoms with Gasteiger partial charge in [-0.15, -0.1) is 0 Å². The van der Waals surface area contributed by atoms with Crippen LogP contribution in [0.4, 0.5) is 0 Å². The summed E-state index contributed by atoms with van der Waals surface area (Å²) in [5.74, 6) is -1.82. The monoisotopic (exact) mass is 444 g/mol. The Kier molecular flexibility index (Phi) is 20.4. The highest BCUT2D eigenvalue weighted by molar-refractivity contribution is 5.92. The quantitative estimate of drug-likeness (QED) is 0.186. The van der Waals surface area contributed by atoms with E-state index in [9.17, 15) is 9.59 Å². The maximum absolute atomic E-state index is 10.8. The van der Waals surface area contributed by atoms with Crippen molar-refractivity contribution in [3.8, 4) is 0 Å². The van der Waals surface area contributed by atoms with Crippen molar-refractivity contribution in [2.75, 3.05) is 27.4 Å². The van der Waals surface area contributed by atoms with Gasteiger partial charge in [0.05, 0.1) is 27.4 Å². The predicted octanol–water partition coefficient (Wildman–Crippen LogP) is 2.50. The van der Waals surface area contributed by atoms with Crippen molar-refractivity contribution < 1.29 is 44.6 Å². The van der Waals surface area contributed by atoms with E-state index in [0.29, 0.717) is 12.0 Å². The molecule has 0 saturated heterocycles. The number of carbonyl (C=O) groups is 2. The second-order valence-electron chi connectivity index (χ2n) is 6.31. The number of rotatable bonds is 12. The van der Waals surface area contributed by atoms with Crippen LogP contribution in [0.15, 0.2) is 36.1 Å². The van der Waals surface area contributed by atoms with Gasteiger partial charge >= 0.3 is 11.9 Å². The number of aliphatic hydroxyl groups is 3. The summed E-state index contributed by atoms with van der Waals surface area (Å²) in [6.07, 6.45) is 4.93. The molecule has 1 aromatic carbocycles. The van der Waals surface area contributed by atoms with Crippen molar-refractivity contribution in [2.24, 2.45) is 0 Å². The van der Waals surface area contributed by atoms with Gasteiger partial charge in [-0.05, 0) is 6.42 Å². The van der Waals surface area contributed by atoms with E-state index in [1.165, 1.54) is 33.5 Å². The second kappa shape index (κ2) is 20.6. The van der Waals surface area contributed by atoms with Crippen LogP contribution in [0.5, 0.6) is 0 Å². The molecule has 31 heavy (non-hydrogen) atoms. The third-order valence-corrected chi connectivity index (χ3v) is 3.76. The first-order valence-corrected chi connectivity index (χ1v) is 10.0. The number of benzene rings is 1. The summed E-state index contributed by atoms with van der Waals surface area (Å²) in [7, 11) is 2.70. The van der Waals surface area contributed by atoms with Gasteiger partial charge in [0.1, 0.15) is 6.10 Å². The molecule has 1 aromatic rings. The van der Waals surface area contributed by atoms with E-state index in [4.69, 9.17) is 35.0 Å². The van der Waals surface area contributed by atoms with E-state index in [2.05, 4.69) is 6.92 Å². The number of aliphatic hydroxyl groups excluding tert-OH is 3. The Morgan fingerprint density at radius 3 is 1.81 bits per heavy atom. The Bertz CT molecular complexity index is 611. The molecule has 5 N–H and O–H groups in total. The highest BCUT2D eigenvalue weighted by Crippen LogP contribution is 2.19. The number of hydrogen-bond donors (Lipinski definition) is 5. The molecular weight excluding hydrogens is 408 g/mol. The molecule has 178 valence electrons. The first-order valence-electron chi connectivity index (χ1n) is 10.0. The average Bonchev–Trinajstić information content (AvgIpc) is 2.77. The molecular formula is C22H36O9. The Morgan fingerprint density at radius 2 is 1.45 bits per heavy atom. The fourth-order valence-corrected chi connectivity index (χ4v) is 2.15. The van der Waals surface area contributed by atoms with Crippen LogP contribution in [0.25, 0.3) is 5.76 Å². The summed E-state index contributed by atoms with van der Waals surface area (Å²) in [6, 6.07) is 8.93. The number of ether oxygens (including phenoxy) is 2. The van der Waals surface area contributed by atoms with Gasteiger partial charge in [-0.25, -0.2) is 4.79 Å². The summed E-state index contributed by atoms with van der Waals surface area (Å²) >= 11 is 0. The minimum Gasteiger partial charge on any atom is -0.492 e. The Balaban J connectivity index is 0. The molecule has 0 aliphatic carbocycles. The van der Waals surface area contributed by atoms with Crippen LogP contribution in [0.2, 0.25) is 0 Å². The van der Waals surface area contributed by atoms with Crippen molar-refractivity contribution in [1.82, 2.24) is 0 Å². The van der Waals surface area contributed by atoms with Crippen molar-refractivity contribution in [1.29, 1.82) is 0 Å². The lowest BCUT2D eigenvalue weighted by Gasteiger charge is -2.09. The van der Waals surface area contributed by atoms with Crippen LogP contribution in [0.1, 0.15) is 51.0 Å². The standard InChI is InChI=1S/C11H12O4.C8H16O2.C3H8O3/c1-14-9(10(15-2)11(12)13)8-6-4-3-5-7-8;1-2-3-4-5-6-7-8(9)10;4-1-3(6)2-5/h3-7H,1-2H3,(H,12,13);2-7H2,1H3,(H,9,10);3-6H,1-2H2. The predicted molar refractivity (Wildman–Crippen MR) is 116 cm³/mol. The topological polar surface area (TPSA) is 154 Å². The zero-order valence-electron chi connectivity index (χ0n) is 18.5. The van der Waals surface area contributed by atoms with Gasteiger partial charge in [0.15, 0.2) is 5.76 Å². The van der Waals surface area contributed by atoms with Crippen LogP contribution in [0.3, 0.4) is 0 Å². The fraction of sp³-hybridized carbons (Fsp3) is 0.545. The first-order chi connectivity index (χ1) is 14.8. The number of hydrogen-bond acceptors (Lipinski definition) is 7. The normalized spacial score (nSPS) is 10.7. The Morgan fingerprint density at radius 1 is 0.903 bits per heavy atom. The van der Waals surface area contributed by atoms with Gasteiger partial charge in [-0.2, -0.15) is 0 Å². The third-order valence-electron chi connectivity index (χ3n) is 3.76. The molecule has 0 unspecified atom stereocenters. The SMILES string of the molecule is CCCCCCCC(=O)O.COC(C(=O)O)=C(OC)c1ccccc1.OCC(O)CO. The number of aliphatic carboxylic acids is 2. The lowest BCUT2D eigenvalue weighted by atomic mass is 10.1. The molecule has 0 saturated carbocycles. The van der Waals surface area contributed by atoms with Gasteiger partial charge < -0.3 is 35.0 Å². The summed E-state index contributed by atoms with van der Waals surface area (Å²) in [4.78, 5) is 20.9. The highest BCUT2D eigenvalue weighted by Gasteiger charge is 2.17. The summed E-state index contributed by atoms with van der Waals surface area (Å²) in [6.45, 7) is 1.42. The number of methoxy groups -OCH3 is 2. The molecule has 9 heteroatoms. The van der Waals surface area contributed by atoms with Crippen LogP contribution in [-0.2, 0) is 19.1 Å². The van der Waals surface area contributed by atoms with Gasteiger partial charge in [0.25, 0.3) is 0 Å². The molecule has 0 atom stereocenters. The smallest absolute Gasteiger partial charge is 0.375 e. The number of carboxylic acids is 2. The van der Waals surface area contributed by atoms with E-state index >= 15 is 0 Å². The lowest BCUT2D eigenvalue weighted by Crippen LogP contribution is -2.15. The molecule has 0 bridgehead atoms. The average molecular weight is 445 g/mol. The molecule has 0 radical (unpaired) electrons. The fourth-order valence-electron chi connectivity index (χ4n) is 2.15. The van der Waals surface area contributed by atoms with Crippen molar-refractivity contribution >= 4 is 17.7 Å². The lowest BCUT2D eigenvalue weighted by molar-refractivity contribution is -0.137. The zero-order valence-corrected chi connectivity index (χ0v) is 18.5. The minimum atomic E-state index is -1.15. The molecule has 9 nitrogen and oxygen atoms in total. The highest BCUT2D eigenvalue weighted by atomic mass is 16.5. The Labute approximate surface area is 183 Å². The summed E-state index contributed by atoms with van der Waals surface area (Å²) in [5.41, 5.74) is 0.666. The molecule has 0 heterocycles. The van der Waals surface area contributed by atoms with Crippen LogP contribution in [0, 0.1) is 0 Å². The summed E-state index contributed by atoms with van der Waals surface area (Å²) < 4.78 is 9.80. The molecule has 1 rings (SSSR count). The van der Waals surface area contributed by atoms with E-state index in [1.807, 2.05) is 6.07 Å². The first kappa shape index (κ1) is 30.6. The van der Waals surface area contributed by atoms with E-state index < -0.39 is 18.0 Å². The number of carboxylic acid groups (broad SMARTS) is 2. The summed E-state index contributed by atoms with van der Waals surface area (Å²) in [5, 5.41) is 41.2. The van der Waals surface area contributed by atoms with Crippen molar-refractivity contribution in [2.45, 2.75) is 51.6 Å². The third kappa shape index (κ3) is 16.8. The maximum Gasteiger partial charge on any atom is 0.375 e. The molecule has 0 aromatic heterocycles. The van der Waals surface area contributed by atoms with Crippen molar-refractivity contribution in [3.05, 3.63) is 41.7 Å². The molecule has 0 amide bonds.